The molecule has 1 aliphatic rings. The SMILES string of the molecule is CCCCC(CCCCCCCCCCCCC(=O)c1c(O)cc(O)cc1O)OC1O[C@H](CO)[C@@H](O)[C@H](O)[C@@H]1O. The first-order valence-electron chi connectivity index (χ1n) is 14.9. The normalized spacial score (nSPS) is 23.8. The summed E-state index contributed by atoms with van der Waals surface area (Å²) in [5, 5.41) is 68.6. The molecule has 1 aliphatic heterocycles. The van der Waals surface area contributed by atoms with Gasteiger partial charge in [0.1, 0.15) is 47.2 Å². The zero-order valence-corrected chi connectivity index (χ0v) is 23.8. The number of hydrogen-bond acceptors (Lipinski definition) is 10. The third-order valence-electron chi connectivity index (χ3n) is 7.59. The second-order valence-electron chi connectivity index (χ2n) is 11.0. The largest absolute Gasteiger partial charge is 0.508 e. The lowest BCUT2D eigenvalue weighted by atomic mass is 9.98. The predicted octanol–water partition coefficient (Wildman–Crippen LogP) is 4.04. The van der Waals surface area contributed by atoms with E-state index in [1.165, 1.54) is 0 Å². The van der Waals surface area contributed by atoms with Crippen LogP contribution in [0.3, 0.4) is 0 Å². The number of ether oxygens (including phenoxy) is 2. The first-order chi connectivity index (χ1) is 19.2. The van der Waals surface area contributed by atoms with Crippen LogP contribution >= 0.6 is 0 Å². The Morgan fingerprint density at radius 2 is 1.32 bits per heavy atom. The highest BCUT2D eigenvalue weighted by Crippen LogP contribution is 2.33. The quantitative estimate of drug-likeness (QED) is 0.0894. The molecule has 0 bridgehead atoms. The maximum atomic E-state index is 12.3. The number of hydrogen-bond donors (Lipinski definition) is 7. The highest BCUT2D eigenvalue weighted by Gasteiger charge is 2.44. The van der Waals surface area contributed by atoms with E-state index in [1.54, 1.807) is 0 Å². The van der Waals surface area contributed by atoms with Crippen LogP contribution < -0.4 is 0 Å². The van der Waals surface area contributed by atoms with E-state index in [9.17, 15) is 40.5 Å². The number of carbonyl (C=O) groups excluding carboxylic acids is 1. The van der Waals surface area contributed by atoms with Crippen molar-refractivity contribution in [3.05, 3.63) is 17.7 Å². The number of aromatic hydroxyl groups is 3. The van der Waals surface area contributed by atoms with Gasteiger partial charge in [-0.1, -0.05) is 77.6 Å². The number of aliphatic hydroxyl groups is 4. The van der Waals surface area contributed by atoms with Crippen molar-refractivity contribution < 1.29 is 50.0 Å². The molecule has 1 saturated heterocycles. The molecule has 0 amide bonds. The summed E-state index contributed by atoms with van der Waals surface area (Å²) in [6.45, 7) is 1.63. The van der Waals surface area contributed by atoms with Crippen LogP contribution in [0.4, 0.5) is 0 Å². The molecule has 1 heterocycles. The number of ketones is 1. The summed E-state index contributed by atoms with van der Waals surface area (Å²) in [5.41, 5.74) is -0.130. The number of phenolic OH excluding ortho intramolecular Hbond substituents is 3. The molecule has 0 spiro atoms. The minimum absolute atomic E-state index is 0.129. The van der Waals surface area contributed by atoms with E-state index in [0.29, 0.717) is 6.42 Å². The summed E-state index contributed by atoms with van der Waals surface area (Å²) < 4.78 is 11.5. The number of phenols is 3. The number of benzene rings is 1. The number of aliphatic hydroxyl groups excluding tert-OH is 4. The van der Waals surface area contributed by atoms with E-state index >= 15 is 0 Å². The van der Waals surface area contributed by atoms with Crippen LogP contribution in [-0.2, 0) is 9.47 Å². The van der Waals surface area contributed by atoms with Crippen molar-refractivity contribution in [3.8, 4) is 17.2 Å². The predicted molar refractivity (Wildman–Crippen MR) is 149 cm³/mol. The molecule has 2 rings (SSSR count). The number of unbranched alkanes of at least 4 members (excludes halogenated alkanes) is 10. The average molecular weight is 571 g/mol. The molecule has 7 N–H and O–H groups in total. The van der Waals surface area contributed by atoms with Crippen molar-refractivity contribution >= 4 is 5.78 Å². The molecule has 0 radical (unpaired) electrons. The van der Waals surface area contributed by atoms with Gasteiger partial charge in [0.05, 0.1) is 12.7 Å². The van der Waals surface area contributed by atoms with Crippen molar-refractivity contribution in [1.82, 2.24) is 0 Å². The molecule has 230 valence electrons. The Morgan fingerprint density at radius 1 is 0.800 bits per heavy atom. The van der Waals surface area contributed by atoms with Crippen LogP contribution in [0.5, 0.6) is 17.2 Å². The van der Waals surface area contributed by atoms with E-state index in [2.05, 4.69) is 6.92 Å². The minimum Gasteiger partial charge on any atom is -0.508 e. The molecule has 2 unspecified atom stereocenters. The van der Waals surface area contributed by atoms with Gasteiger partial charge >= 0.3 is 0 Å². The molecule has 1 aromatic rings. The fourth-order valence-electron chi connectivity index (χ4n) is 5.16. The molecule has 10 heteroatoms. The third kappa shape index (κ3) is 11.1. The average Bonchev–Trinajstić information content (AvgIpc) is 2.91. The van der Waals surface area contributed by atoms with Gasteiger partial charge in [-0.05, 0) is 19.3 Å². The van der Waals surface area contributed by atoms with Gasteiger partial charge in [0.2, 0.25) is 0 Å². The summed E-state index contributed by atoms with van der Waals surface area (Å²) in [6.07, 6.45) is 7.77. The van der Waals surface area contributed by atoms with Crippen molar-refractivity contribution in [1.29, 1.82) is 0 Å². The molecule has 0 aliphatic carbocycles. The Morgan fingerprint density at radius 3 is 1.88 bits per heavy atom. The van der Waals surface area contributed by atoms with Gasteiger partial charge in [0, 0.05) is 18.6 Å². The Kier molecular flexibility index (Phi) is 15.8. The van der Waals surface area contributed by atoms with E-state index < -0.39 is 48.8 Å². The van der Waals surface area contributed by atoms with Crippen LogP contribution in [-0.4, -0.2) is 84.9 Å². The van der Waals surface area contributed by atoms with E-state index in [0.717, 1.165) is 95.6 Å². The highest BCUT2D eigenvalue weighted by molar-refractivity contribution is 6.01. The monoisotopic (exact) mass is 570 g/mol. The van der Waals surface area contributed by atoms with Crippen molar-refractivity contribution in [2.24, 2.45) is 0 Å². The molecular weight excluding hydrogens is 520 g/mol. The zero-order valence-electron chi connectivity index (χ0n) is 23.8. The third-order valence-corrected chi connectivity index (χ3v) is 7.59. The van der Waals surface area contributed by atoms with Crippen molar-refractivity contribution in [2.75, 3.05) is 6.61 Å². The van der Waals surface area contributed by atoms with Gasteiger partial charge in [-0.15, -0.1) is 0 Å². The molecular formula is C30H50O10. The van der Waals surface area contributed by atoms with Gasteiger partial charge in [-0.3, -0.25) is 4.79 Å². The first kappa shape index (κ1) is 34.3. The standard InChI is InChI=1S/C30H50O10/c1-2-3-14-21(39-30-29(38)28(37)27(36)25(19-31)40-30)15-12-10-8-6-4-5-7-9-11-13-16-22(33)26-23(34)17-20(32)18-24(26)35/h17-18,21,25,27-32,34-38H,2-16,19H2,1H3/t21?,25-,27-,28+,29+,30?/m1/s1. The fourth-order valence-corrected chi connectivity index (χ4v) is 5.16. The van der Waals surface area contributed by atoms with Gasteiger partial charge in [0.25, 0.3) is 0 Å². The van der Waals surface area contributed by atoms with Crippen LogP contribution in [0.25, 0.3) is 0 Å². The van der Waals surface area contributed by atoms with Crippen LogP contribution in [0, 0.1) is 0 Å². The second-order valence-corrected chi connectivity index (χ2v) is 11.0. The van der Waals surface area contributed by atoms with Crippen LogP contribution in [0.1, 0.15) is 114 Å². The topological polar surface area (TPSA) is 177 Å². The molecule has 10 nitrogen and oxygen atoms in total. The fraction of sp³-hybridized carbons (Fsp3) is 0.767. The molecule has 1 fully saturated rings. The minimum atomic E-state index is -1.43. The smallest absolute Gasteiger partial charge is 0.186 e. The first-order valence-corrected chi connectivity index (χ1v) is 14.9. The van der Waals surface area contributed by atoms with Gasteiger partial charge < -0.3 is 45.2 Å². The lowest BCUT2D eigenvalue weighted by Gasteiger charge is -2.41. The lowest BCUT2D eigenvalue weighted by Crippen LogP contribution is -2.59. The van der Waals surface area contributed by atoms with E-state index in [1.807, 2.05) is 0 Å². The summed E-state index contributed by atoms with van der Waals surface area (Å²) in [4.78, 5) is 12.3. The summed E-state index contributed by atoms with van der Waals surface area (Å²) >= 11 is 0. The second kappa shape index (κ2) is 18.5. The van der Waals surface area contributed by atoms with Crippen LogP contribution in [0.15, 0.2) is 12.1 Å². The van der Waals surface area contributed by atoms with E-state index in [4.69, 9.17) is 9.47 Å². The Labute approximate surface area is 237 Å². The van der Waals surface area contributed by atoms with E-state index in [-0.39, 0.29) is 29.6 Å². The maximum Gasteiger partial charge on any atom is 0.186 e. The number of carbonyl (C=O) groups is 1. The van der Waals surface area contributed by atoms with Gasteiger partial charge in [0.15, 0.2) is 12.1 Å². The molecule has 40 heavy (non-hydrogen) atoms. The Hall–Kier alpha value is -1.95. The Balaban J connectivity index is 1.55. The summed E-state index contributed by atoms with van der Waals surface area (Å²) in [6, 6.07) is 2.10. The van der Waals surface area contributed by atoms with Crippen molar-refractivity contribution in [2.45, 2.75) is 140 Å². The lowest BCUT2D eigenvalue weighted by molar-refractivity contribution is -0.312. The highest BCUT2D eigenvalue weighted by atomic mass is 16.7. The summed E-state index contributed by atoms with van der Waals surface area (Å²) in [5.74, 6) is -1.42. The molecule has 0 aromatic heterocycles. The summed E-state index contributed by atoms with van der Waals surface area (Å²) in [7, 11) is 0. The molecule has 6 atom stereocenters. The number of rotatable bonds is 20. The zero-order chi connectivity index (χ0) is 29.5. The molecule has 0 saturated carbocycles. The Bertz CT molecular complexity index is 838. The molecule has 1 aromatic carbocycles. The van der Waals surface area contributed by atoms with Crippen molar-refractivity contribution in [3.63, 3.8) is 0 Å². The van der Waals surface area contributed by atoms with Gasteiger partial charge in [-0.2, -0.15) is 0 Å². The maximum absolute atomic E-state index is 12.3. The van der Waals surface area contributed by atoms with Crippen LogP contribution in [0.2, 0.25) is 0 Å². The van der Waals surface area contributed by atoms with Gasteiger partial charge in [-0.25, -0.2) is 0 Å². The number of Topliss-reactive ketones (excluding diaryl/α,β-unsaturated/α-hetero) is 1.